The predicted molar refractivity (Wildman–Crippen MR) is 562 cm³/mol. The van der Waals surface area contributed by atoms with Crippen LogP contribution in [0, 0.1) is 0 Å². The number of thiophene rings is 9. The molecule has 1 saturated heterocycles. The van der Waals surface area contributed by atoms with E-state index in [9.17, 15) is 0 Å². The van der Waals surface area contributed by atoms with Crippen LogP contribution in [0.2, 0.25) is 0 Å². The summed E-state index contributed by atoms with van der Waals surface area (Å²) in [5.41, 5.74) is 9.06. The van der Waals surface area contributed by atoms with Crippen molar-refractivity contribution in [1.82, 2.24) is 185 Å². The van der Waals surface area contributed by atoms with Crippen molar-refractivity contribution in [2.45, 2.75) is 163 Å². The molecular weight excluding hydrogens is 2120 g/mol. The molecule has 24 aromatic heterocycles. The van der Waals surface area contributed by atoms with E-state index in [-0.39, 0.29) is 0 Å². The Morgan fingerprint density at radius 2 is 0.643 bits per heavy atom. The lowest BCUT2D eigenvalue weighted by Gasteiger charge is -2.20. The first kappa shape index (κ1) is 98.0. The highest BCUT2D eigenvalue weighted by molar-refractivity contribution is 8.01. The summed E-state index contributed by atoms with van der Waals surface area (Å²) in [5, 5.41) is 80.3. The second kappa shape index (κ2) is 49.8. The maximum atomic E-state index is 5.37. The molecule has 0 amide bonds. The largest absolute Gasteiger partial charge is 0.381 e. The lowest BCUT2D eigenvalue weighted by molar-refractivity contribution is 0.1000. The number of thioether (sulfide) groups is 3. The molecule has 24 aromatic rings. The Hall–Kier alpha value is -10.8. The Bertz CT molecular complexity index is 7340. The van der Waals surface area contributed by atoms with Crippen molar-refractivity contribution in [3.05, 3.63) is 191 Å². The van der Waals surface area contributed by atoms with Crippen molar-refractivity contribution in [3.63, 3.8) is 0 Å². The number of H-pyrrole nitrogens is 3. The maximum Gasteiger partial charge on any atom is 0.237 e. The molecular formula is C84H73N37OS18. The van der Waals surface area contributed by atoms with Gasteiger partial charge in [0.05, 0.1) is 91.9 Å². The summed E-state index contributed by atoms with van der Waals surface area (Å²) in [5.74, 6) is 0. The third-order valence-corrected chi connectivity index (χ3v) is 39.2. The average Bonchev–Trinajstić information content (AvgIpc) is 1.65. The molecule has 2 saturated carbocycles. The van der Waals surface area contributed by atoms with Gasteiger partial charge in [0.25, 0.3) is 0 Å². The molecule has 0 spiro atoms. The quantitative estimate of drug-likeness (QED) is 0.0672. The molecule has 3 N–H and O–H groups in total. The number of aromatic amines is 3. The molecule has 708 valence electrons. The Labute approximate surface area is 869 Å². The first-order valence-electron chi connectivity index (χ1n) is 42.4. The van der Waals surface area contributed by atoms with Crippen molar-refractivity contribution in [2.75, 3.05) is 13.2 Å². The highest BCUT2D eigenvalue weighted by Gasteiger charge is 2.23. The van der Waals surface area contributed by atoms with Crippen molar-refractivity contribution < 1.29 is 4.74 Å². The average molecular weight is 2190 g/mol. The molecule has 0 bridgehead atoms. The molecule has 0 aromatic carbocycles. The molecule has 2 aliphatic carbocycles. The zero-order valence-corrected chi connectivity index (χ0v) is 88.1. The summed E-state index contributed by atoms with van der Waals surface area (Å²) < 4.78 is 21.1. The van der Waals surface area contributed by atoms with Gasteiger partial charge in [-0.05, 0) is 233 Å². The standard InChI is InChI=1S/C12H14N2S2.C11H12N2OS2.C11H12N2S2.C10H8N4S2.C9H7N5S2.C9H6N4S2.C8H6N6S2.2C7H4N6S2/c1-2-4-9(5-3-1)16-12-11-10(6-7-15-11)13-8-14-12;1-4-14-5-2-8(1)16-11-10-9(3-6-15-10)12-7-13-11;1-2-4-8(3-1)15-11-10-9(5-6-14-10)12-7-13-11;1-14-4-3-11-10(14)16-9-8-7(2-5-15-8)12-6-13-9;1-14-5-12-13-9(14)16-8-7-6(2-3-15-7)10-4-11-8;1-4-14-7-6(1)12-5-13-8(7)15-9-10-2-3-11-9;1-14-8(11-12-13-14)16-7-6-5(2-3-15-6)9-4-10-7;2*1-2-14-5-4(1)8-3-9-6(5)15-7-10-12-13-11-7/h6-9H,1-5H2;3,6-8H,1-2,4-5H2;5-8H,1-4H2;2-6H,1H3;2-5H,1H3;1-5H,(H,10,11);2-4H,1H3;2*1-3H,(H,10,11,12,13). The molecule has 3 aliphatic rings. The number of ether oxygens (including phenoxy) is 1. The van der Waals surface area contributed by atoms with Crippen LogP contribution in [-0.2, 0) is 25.9 Å². The van der Waals surface area contributed by atoms with Crippen molar-refractivity contribution >= 4 is 300 Å². The zero-order valence-electron chi connectivity index (χ0n) is 73.4. The van der Waals surface area contributed by atoms with E-state index >= 15 is 0 Å². The van der Waals surface area contributed by atoms with Gasteiger partial charge >= 0.3 is 0 Å². The van der Waals surface area contributed by atoms with Gasteiger partial charge in [-0.1, -0.05) is 32.1 Å². The number of tetrazole rings is 3. The molecule has 140 heavy (non-hydrogen) atoms. The Morgan fingerprint density at radius 3 is 0.957 bits per heavy atom. The molecule has 3 fully saturated rings. The van der Waals surface area contributed by atoms with Gasteiger partial charge in [-0.2, -0.15) is 10.4 Å². The number of hydrogen-bond donors (Lipinski definition) is 3. The smallest absolute Gasteiger partial charge is 0.237 e. The number of fused-ring (bicyclic) bond motifs is 9. The van der Waals surface area contributed by atoms with Crippen LogP contribution in [0.4, 0.5) is 0 Å². The van der Waals surface area contributed by atoms with Crippen LogP contribution in [0.1, 0.15) is 70.6 Å². The van der Waals surface area contributed by atoms with E-state index in [1.807, 2.05) is 133 Å². The number of rotatable bonds is 18. The number of hydrogen-bond acceptors (Lipinski definition) is 50. The highest BCUT2D eigenvalue weighted by Crippen LogP contribution is 2.43. The fourth-order valence-electron chi connectivity index (χ4n) is 13.4. The summed E-state index contributed by atoms with van der Waals surface area (Å²) >= 11 is 29.6. The van der Waals surface area contributed by atoms with E-state index in [0.29, 0.717) is 20.7 Å². The van der Waals surface area contributed by atoms with Gasteiger partial charge in [-0.25, -0.2) is 104 Å². The Kier molecular flexibility index (Phi) is 34.9. The number of aromatic nitrogens is 37. The summed E-state index contributed by atoms with van der Waals surface area (Å²) in [6.07, 6.45) is 38.0. The van der Waals surface area contributed by atoms with Gasteiger partial charge in [0.2, 0.25) is 15.5 Å². The van der Waals surface area contributed by atoms with Gasteiger partial charge in [-0.15, -0.1) is 173 Å². The van der Waals surface area contributed by atoms with Crippen LogP contribution in [0.15, 0.2) is 267 Å². The molecule has 38 nitrogen and oxygen atoms in total. The minimum atomic E-state index is 0.559. The van der Waals surface area contributed by atoms with E-state index in [1.54, 1.807) is 195 Å². The molecule has 0 radical (unpaired) electrons. The summed E-state index contributed by atoms with van der Waals surface area (Å²) in [4.78, 5) is 88.1. The normalized spacial score (nSPS) is 13.3. The van der Waals surface area contributed by atoms with Gasteiger partial charge < -0.3 is 18.9 Å². The highest BCUT2D eigenvalue weighted by atomic mass is 32.2. The summed E-state index contributed by atoms with van der Waals surface area (Å²) in [7, 11) is 5.69. The van der Waals surface area contributed by atoms with Gasteiger partial charge in [-0.3, -0.25) is 0 Å². The van der Waals surface area contributed by atoms with Crippen LogP contribution in [0.5, 0.6) is 0 Å². The Morgan fingerprint density at radius 1 is 0.314 bits per heavy atom. The van der Waals surface area contributed by atoms with Crippen LogP contribution in [-0.4, -0.2) is 214 Å². The van der Waals surface area contributed by atoms with Crippen LogP contribution in [0.25, 0.3) is 91.9 Å². The lowest BCUT2D eigenvalue weighted by atomic mass is 10.0. The van der Waals surface area contributed by atoms with Crippen LogP contribution < -0.4 is 0 Å². The number of aryl methyl sites for hydroxylation is 3. The van der Waals surface area contributed by atoms with Crippen LogP contribution >= 0.6 is 208 Å². The second-order valence-corrected chi connectivity index (χ2v) is 47.1. The number of nitrogens with zero attached hydrogens (tertiary/aromatic N) is 34. The number of imidazole rings is 2. The molecule has 56 heteroatoms. The summed E-state index contributed by atoms with van der Waals surface area (Å²) in [6.45, 7) is 1.77. The van der Waals surface area contributed by atoms with Crippen molar-refractivity contribution in [3.8, 4) is 0 Å². The Balaban J connectivity index is 0.000000100. The summed E-state index contributed by atoms with van der Waals surface area (Å²) in [6, 6.07) is 18.1. The molecule has 25 heterocycles. The van der Waals surface area contributed by atoms with Crippen LogP contribution in [0.3, 0.4) is 0 Å². The van der Waals surface area contributed by atoms with Gasteiger partial charge in [0.1, 0.15) is 109 Å². The molecule has 1 aliphatic heterocycles. The minimum absolute atomic E-state index is 0.559. The van der Waals surface area contributed by atoms with Crippen molar-refractivity contribution in [1.29, 1.82) is 0 Å². The number of nitrogens with one attached hydrogen (secondary N) is 3. The molecule has 27 rings (SSSR count). The monoisotopic (exact) mass is 2190 g/mol. The molecule has 0 atom stereocenters. The molecule has 0 unspecified atom stereocenters. The first-order chi connectivity index (χ1) is 69.1. The van der Waals surface area contributed by atoms with Gasteiger partial charge in [0, 0.05) is 74.9 Å². The fourth-order valence-corrected chi connectivity index (χ4v) is 30.1. The van der Waals surface area contributed by atoms with E-state index in [0.717, 1.165) is 165 Å². The first-order valence-corrected chi connectivity index (χ1v) is 57.9. The fraction of sp³-hybridized carbons (Fsp3) is 0.226. The van der Waals surface area contributed by atoms with E-state index in [1.165, 1.54) is 153 Å². The maximum absolute atomic E-state index is 5.37. The third-order valence-electron chi connectivity index (χ3n) is 20.0. The third kappa shape index (κ3) is 26.0. The SMILES string of the molecule is Cn1ccnc1Sc1ncnc2ccsc12.Cn1cnnc1Sc1ncnc2ccsc12.Cn1nnnc1Sc1ncnc2ccsc12.c1c[nH]c(Sc2ncnc3ccsc23)n1.c1nc(SC2CCCC2)c2sccc2n1.c1nc(SC2CCCCC2)c2sccc2n1.c1nc(SC2CCOCC2)c2sccc2n1.c1nc(Sc2nn[nH]n2)c2sccc2n1.c1nc(Sc2nn[nH]n2)c2sccc2n1. The van der Waals surface area contributed by atoms with E-state index in [4.69, 9.17) is 4.74 Å². The van der Waals surface area contributed by atoms with E-state index in [2.05, 4.69) is 206 Å². The zero-order chi connectivity index (χ0) is 94.8. The van der Waals surface area contributed by atoms with Gasteiger partial charge in [0.15, 0.2) is 15.5 Å². The second-order valence-electron chi connectivity index (χ2n) is 29.2. The minimum Gasteiger partial charge on any atom is -0.381 e. The topological polar surface area (TPSA) is 471 Å². The lowest BCUT2D eigenvalue weighted by Crippen LogP contribution is -2.17. The van der Waals surface area contributed by atoms with Crippen molar-refractivity contribution in [2.24, 2.45) is 21.1 Å². The van der Waals surface area contributed by atoms with E-state index < -0.39 is 0 Å². The predicted octanol–water partition coefficient (Wildman–Crippen LogP) is 22.0.